The number of ether oxygens (including phenoxy) is 2. The molecule has 0 heterocycles. The van der Waals surface area contributed by atoms with E-state index in [1.807, 2.05) is 285 Å². The van der Waals surface area contributed by atoms with E-state index in [1.54, 1.807) is 48.5 Å². The lowest BCUT2D eigenvalue weighted by Crippen LogP contribution is -2.09. The Morgan fingerprint density at radius 2 is 0.648 bits per heavy atom. The molecule has 0 radical (unpaired) electrons. The van der Waals surface area contributed by atoms with Crippen LogP contribution in [-0.4, -0.2) is 47.5 Å². The highest BCUT2D eigenvalue weighted by Gasteiger charge is 2.19. The van der Waals surface area contributed by atoms with Crippen molar-refractivity contribution < 1.29 is 54.0 Å². The summed E-state index contributed by atoms with van der Waals surface area (Å²) in [4.78, 5) is 62.1. The van der Waals surface area contributed by atoms with Crippen LogP contribution in [0.5, 0.6) is 34.5 Å². The molecule has 12 aromatic rings. The van der Waals surface area contributed by atoms with Gasteiger partial charge < -0.3 is 29.9 Å². The second kappa shape index (κ2) is 38.9. The van der Waals surface area contributed by atoms with E-state index in [4.69, 9.17) is 9.47 Å². The lowest BCUT2D eigenvalue weighted by Gasteiger charge is -2.06. The van der Waals surface area contributed by atoms with Crippen LogP contribution in [0.3, 0.4) is 0 Å². The van der Waals surface area contributed by atoms with E-state index in [-0.39, 0.29) is 44.7 Å². The number of esters is 2. The Bertz CT molecular complexity index is 5130. The van der Waals surface area contributed by atoms with Crippen LogP contribution >= 0.6 is 55.4 Å². The summed E-state index contributed by atoms with van der Waals surface area (Å²) in [6.45, 7) is 13.2. The first-order valence-corrected chi connectivity index (χ1v) is 37.0. The van der Waals surface area contributed by atoms with Crippen molar-refractivity contribution in [3.63, 3.8) is 0 Å². The third-order valence-corrected chi connectivity index (χ3v) is 19.4. The Balaban J connectivity index is 0.000000166. The van der Waals surface area contributed by atoms with E-state index in [9.17, 15) is 49.7 Å². The van der Waals surface area contributed by atoms with Crippen LogP contribution in [0, 0.1) is 58.6 Å². The number of aromatic hydroxyl groups is 4. The van der Waals surface area contributed by atoms with E-state index < -0.39 is 10.9 Å². The van der Waals surface area contributed by atoms with Gasteiger partial charge in [0, 0.05) is 27.0 Å². The molecule has 0 atom stereocenters. The molecule has 542 valence electrons. The van der Waals surface area contributed by atoms with Crippen molar-refractivity contribution in [3.8, 4) is 34.5 Å². The Morgan fingerprint density at radius 1 is 0.343 bits per heavy atom. The van der Waals surface area contributed by atoms with Crippen LogP contribution < -0.4 is 9.47 Å². The van der Waals surface area contributed by atoms with Crippen LogP contribution in [0.2, 0.25) is 0 Å². The fourth-order valence-corrected chi connectivity index (χ4v) is 13.4. The maximum atomic E-state index is 12.5. The zero-order valence-corrected chi connectivity index (χ0v) is 64.7. The number of nitro groups is 1. The number of nitro benzene ring substituents is 1. The number of rotatable bonds is 17. The molecule has 12 aromatic carbocycles. The molecule has 13 nitrogen and oxygen atoms in total. The third kappa shape index (κ3) is 23.8. The average molecular weight is 1600 g/mol. The molecule has 0 saturated heterocycles. The molecule has 0 bridgehead atoms. The zero-order chi connectivity index (χ0) is 77.4. The van der Waals surface area contributed by atoms with Crippen molar-refractivity contribution in [1.29, 1.82) is 0 Å². The van der Waals surface area contributed by atoms with Crippen LogP contribution in [0.4, 0.5) is 5.69 Å². The first-order chi connectivity index (χ1) is 51.8. The highest BCUT2D eigenvalue weighted by Crippen LogP contribution is 2.35. The summed E-state index contributed by atoms with van der Waals surface area (Å²) in [6.07, 6.45) is 15.5. The zero-order valence-electron chi connectivity index (χ0n) is 59.9. The SMILES string of the molecule is Cc1cc(/C=C/c2cccc(C(=O)Oc3ccccc3[N+](=O)[O-])c2)cc(C)c1O.Cc1cc(/C=C/c2cccc(C(=O)Sc3ccccc3)c2)cc(C)c1O.Cc1ccc(OC(=O)c2cccc(/C=C/c3cc(C)c(O)c(C)c3)c2)cc1.O=C(Sc1ccccc1)c1cccc(/C=C/c2cc(Br)c(O)c(Br)c2)c1. The molecule has 0 unspecified atom stereocenters. The maximum absolute atomic E-state index is 12.5. The minimum Gasteiger partial charge on any atom is -0.507 e. The van der Waals surface area contributed by atoms with Crippen LogP contribution in [-0.2, 0) is 0 Å². The van der Waals surface area contributed by atoms with Gasteiger partial charge in [-0.3, -0.25) is 19.7 Å². The molecule has 0 spiro atoms. The second-order valence-corrected chi connectivity index (χ2v) is 28.7. The molecule has 0 aromatic heterocycles. The maximum Gasteiger partial charge on any atom is 0.343 e. The largest absolute Gasteiger partial charge is 0.507 e. The molecule has 0 aliphatic rings. The number of thioether (sulfide) groups is 2. The predicted molar refractivity (Wildman–Crippen MR) is 445 cm³/mol. The highest BCUT2D eigenvalue weighted by molar-refractivity contribution is 9.11. The van der Waals surface area contributed by atoms with E-state index in [2.05, 4.69) is 31.9 Å². The van der Waals surface area contributed by atoms with E-state index >= 15 is 0 Å². The topological polar surface area (TPSA) is 211 Å². The Labute approximate surface area is 653 Å². The number of benzene rings is 12. The summed E-state index contributed by atoms with van der Waals surface area (Å²) < 4.78 is 11.9. The average Bonchev–Trinajstić information content (AvgIpc) is 0.863. The van der Waals surface area contributed by atoms with Gasteiger partial charge in [0.1, 0.15) is 28.7 Å². The predicted octanol–water partition coefficient (Wildman–Crippen LogP) is 24.1. The second-order valence-electron chi connectivity index (χ2n) is 24.9. The standard InChI is InChI=1S/C24H22O3.C23H19NO5.C23H20O2S.C21H14Br2O2S/c1-16-7-11-22(12-8-16)27-24(26)21-6-4-5-19(15-21)9-10-20-13-17(2)23(25)18(3)14-20;1-15-12-18(13-16(2)22(15)25)11-10-17-6-5-7-19(14-17)23(26)29-21-9-4-3-8-20(21)24(27)28;1-16-13-19(14-17(2)22(16)24)12-11-18-7-6-8-20(15-18)23(25)26-21-9-4-3-5-10-21;22-18-12-15(13-19(23)20(18)24)10-9-14-5-4-6-16(11-14)21(25)26-17-7-2-1-3-8-17/h4-15,25H,1-3H3;3-14,25H,1-2H3;3-15,24H,1-2H3;1-13,24H/b10-9+;11-10+;12-11+;10-9+. The number of carbonyl (C=O) groups excluding carboxylic acids is 4. The van der Waals surface area contributed by atoms with Crippen molar-refractivity contribution in [1.82, 2.24) is 0 Å². The van der Waals surface area contributed by atoms with Gasteiger partial charge in [-0.25, -0.2) is 9.59 Å². The Kier molecular flexibility index (Phi) is 28.9. The van der Waals surface area contributed by atoms with Gasteiger partial charge in [0.15, 0.2) is 0 Å². The van der Waals surface area contributed by atoms with Crippen molar-refractivity contribution in [2.45, 2.75) is 58.3 Å². The molecule has 0 amide bonds. The molecular weight excluding hydrogens is 1520 g/mol. The van der Waals surface area contributed by atoms with Gasteiger partial charge in [0.2, 0.25) is 16.0 Å². The third-order valence-electron chi connectivity index (χ3n) is 16.3. The number of hydrogen-bond acceptors (Lipinski definition) is 14. The molecule has 12 rings (SSSR count). The first-order valence-electron chi connectivity index (χ1n) is 33.8. The summed E-state index contributed by atoms with van der Waals surface area (Å²) in [5.74, 6) is 0.492. The summed E-state index contributed by atoms with van der Waals surface area (Å²) in [5.41, 5.74) is 15.4. The molecular formula is C91H75Br2NO12S2. The van der Waals surface area contributed by atoms with Crippen LogP contribution in [0.1, 0.15) is 125 Å². The highest BCUT2D eigenvalue weighted by atomic mass is 79.9. The first kappa shape index (κ1) is 80.2. The normalized spacial score (nSPS) is 10.9. The molecule has 4 N–H and O–H groups in total. The molecule has 108 heavy (non-hydrogen) atoms. The van der Waals surface area contributed by atoms with E-state index in [0.29, 0.717) is 42.9 Å². The molecule has 0 saturated carbocycles. The summed E-state index contributed by atoms with van der Waals surface area (Å²) in [5, 5.41) is 50.5. The number of halogens is 2. The molecule has 0 aliphatic carbocycles. The van der Waals surface area contributed by atoms with Gasteiger partial charge in [-0.1, -0.05) is 175 Å². The monoisotopic (exact) mass is 1600 g/mol. The van der Waals surface area contributed by atoms with E-state index in [1.165, 1.54) is 41.7 Å². The van der Waals surface area contributed by atoms with Gasteiger partial charge >= 0.3 is 17.6 Å². The molecule has 17 heteroatoms. The summed E-state index contributed by atoms with van der Waals surface area (Å²) in [6, 6.07) is 76.7. The van der Waals surface area contributed by atoms with E-state index in [0.717, 1.165) is 93.2 Å². The number of phenolic OH excluding ortho intramolecular Hbond substituents is 4. The van der Waals surface area contributed by atoms with Crippen LogP contribution in [0.15, 0.2) is 274 Å². The smallest absolute Gasteiger partial charge is 0.343 e. The van der Waals surface area contributed by atoms with Gasteiger partial charge in [0.25, 0.3) is 0 Å². The Morgan fingerprint density at radius 3 is 1.01 bits per heavy atom. The van der Waals surface area contributed by atoms with Crippen molar-refractivity contribution in [3.05, 3.63) is 380 Å². The molecule has 0 fully saturated rings. The summed E-state index contributed by atoms with van der Waals surface area (Å²) in [7, 11) is 0. The number of aryl methyl sites for hydroxylation is 7. The van der Waals surface area contributed by atoms with Gasteiger partial charge in [-0.2, -0.15) is 0 Å². The minimum atomic E-state index is -0.675. The minimum absolute atomic E-state index is 0.0153. The van der Waals surface area contributed by atoms with Gasteiger partial charge in [-0.15, -0.1) is 0 Å². The van der Waals surface area contributed by atoms with Crippen LogP contribution in [0.25, 0.3) is 48.6 Å². The van der Waals surface area contributed by atoms with Gasteiger partial charge in [0.05, 0.1) is 25.0 Å². The lowest BCUT2D eigenvalue weighted by atomic mass is 10.0. The molecule has 0 aliphatic heterocycles. The van der Waals surface area contributed by atoms with Crippen molar-refractivity contribution >= 4 is 132 Å². The quantitative estimate of drug-likeness (QED) is 0.0167. The number of nitrogens with zero attached hydrogens (tertiary/aromatic N) is 1. The van der Waals surface area contributed by atoms with Crippen molar-refractivity contribution in [2.75, 3.05) is 0 Å². The summed E-state index contributed by atoms with van der Waals surface area (Å²) >= 11 is 9.10. The fourth-order valence-electron chi connectivity index (χ4n) is 10.7. The number of hydrogen-bond donors (Lipinski definition) is 4. The Hall–Kier alpha value is -11.9. The fraction of sp³-hybridized carbons (Fsp3) is 0.0769. The van der Waals surface area contributed by atoms with Crippen molar-refractivity contribution in [2.24, 2.45) is 0 Å². The number of carbonyl (C=O) groups is 4. The number of phenols is 4. The number of para-hydroxylation sites is 2. The van der Waals surface area contributed by atoms with Gasteiger partial charge in [-0.05, 0) is 309 Å². The lowest BCUT2D eigenvalue weighted by molar-refractivity contribution is -0.385.